The van der Waals surface area contributed by atoms with Gasteiger partial charge in [0.05, 0.1) is 17.1 Å². The van der Waals surface area contributed by atoms with E-state index in [0.29, 0.717) is 0 Å². The molecule has 3 aromatic rings. The van der Waals surface area contributed by atoms with Gasteiger partial charge in [-0.05, 0) is 18.2 Å². The van der Waals surface area contributed by atoms with Crippen LogP contribution in [0.25, 0.3) is 10.9 Å². The highest BCUT2D eigenvalue weighted by molar-refractivity contribution is 7.92. The second-order valence-electron chi connectivity index (χ2n) is 5.16. The number of anilines is 1. The number of nitrogens with one attached hydrogen (secondary N) is 2. The summed E-state index contributed by atoms with van der Waals surface area (Å²) in [5.74, 6) is -0.604. The molecule has 0 saturated heterocycles. The number of para-hydroxylation sites is 1. The Labute approximate surface area is 144 Å². The second-order valence-corrected chi connectivity index (χ2v) is 6.79. The molecule has 0 spiro atoms. The van der Waals surface area contributed by atoms with Crippen molar-refractivity contribution in [3.05, 3.63) is 46.9 Å². The maximum absolute atomic E-state index is 12.5. The van der Waals surface area contributed by atoms with Crippen LogP contribution >= 0.6 is 0 Å². The Kier molecular flexibility index (Phi) is 4.14. The Morgan fingerprint density at radius 1 is 1.27 bits per heavy atom. The lowest BCUT2D eigenvalue weighted by Gasteiger charge is -2.12. The van der Waals surface area contributed by atoms with Gasteiger partial charge in [-0.3, -0.25) is 14.2 Å². The summed E-state index contributed by atoms with van der Waals surface area (Å²) < 4.78 is 69.1. The molecule has 2 heterocycles. The van der Waals surface area contributed by atoms with E-state index in [0.717, 1.165) is 16.9 Å². The molecule has 0 atom stereocenters. The number of sulfonamides is 1. The number of hydrogen-bond acceptors (Lipinski definition) is 5. The summed E-state index contributed by atoms with van der Waals surface area (Å²) in [6.45, 7) is 0. The Morgan fingerprint density at radius 3 is 2.62 bits per heavy atom. The fourth-order valence-electron chi connectivity index (χ4n) is 2.33. The zero-order valence-corrected chi connectivity index (χ0v) is 13.9. The van der Waals surface area contributed by atoms with Crippen LogP contribution in [0.15, 0.2) is 46.5 Å². The molecule has 8 nitrogen and oxygen atoms in total. The number of benzene rings is 1. The van der Waals surface area contributed by atoms with Gasteiger partial charge in [-0.1, -0.05) is 6.07 Å². The van der Waals surface area contributed by atoms with Crippen LogP contribution < -0.4 is 14.9 Å². The third-order valence-corrected chi connectivity index (χ3v) is 4.84. The molecule has 0 saturated carbocycles. The largest absolute Gasteiger partial charge is 0.573 e. The smallest absolute Gasteiger partial charge is 0.404 e. The van der Waals surface area contributed by atoms with Gasteiger partial charge in [-0.2, -0.15) is 13.5 Å². The fourth-order valence-corrected chi connectivity index (χ4v) is 3.51. The van der Waals surface area contributed by atoms with Crippen molar-refractivity contribution in [2.24, 2.45) is 7.05 Å². The van der Waals surface area contributed by atoms with Crippen LogP contribution in [-0.2, 0) is 17.1 Å². The molecule has 12 heteroatoms. The molecule has 2 N–H and O–H groups in total. The average Bonchev–Trinajstić information content (AvgIpc) is 2.96. The van der Waals surface area contributed by atoms with E-state index < -0.39 is 27.6 Å². The van der Waals surface area contributed by atoms with Crippen LogP contribution in [0.4, 0.5) is 18.9 Å². The van der Waals surface area contributed by atoms with Crippen LogP contribution in [0.2, 0.25) is 0 Å². The van der Waals surface area contributed by atoms with Gasteiger partial charge in [0, 0.05) is 13.2 Å². The molecule has 0 fully saturated rings. The van der Waals surface area contributed by atoms with E-state index in [9.17, 15) is 26.4 Å². The van der Waals surface area contributed by atoms with Crippen molar-refractivity contribution in [3.8, 4) is 5.75 Å². The quantitative estimate of drug-likeness (QED) is 0.711. The molecule has 0 aliphatic heterocycles. The zero-order valence-electron chi connectivity index (χ0n) is 13.0. The van der Waals surface area contributed by atoms with Crippen molar-refractivity contribution >= 4 is 26.6 Å². The minimum absolute atomic E-state index is 0.169. The van der Waals surface area contributed by atoms with Crippen LogP contribution in [0, 0.1) is 0 Å². The number of aromatic amines is 1. The van der Waals surface area contributed by atoms with Gasteiger partial charge in [-0.25, -0.2) is 0 Å². The molecule has 26 heavy (non-hydrogen) atoms. The van der Waals surface area contributed by atoms with Gasteiger partial charge >= 0.3 is 6.36 Å². The van der Waals surface area contributed by atoms with Crippen molar-refractivity contribution in [2.45, 2.75) is 11.4 Å². The van der Waals surface area contributed by atoms with Crippen LogP contribution in [0.5, 0.6) is 5.75 Å². The predicted octanol–water partition coefficient (Wildman–Crippen LogP) is 1.96. The molecule has 0 amide bonds. The van der Waals surface area contributed by atoms with Gasteiger partial charge in [-0.15, -0.1) is 13.2 Å². The summed E-state index contributed by atoms with van der Waals surface area (Å²) in [7, 11) is -2.71. The Balaban J connectivity index is 2.06. The third-order valence-electron chi connectivity index (χ3n) is 3.40. The number of ether oxygens (including phenoxy) is 1. The minimum Gasteiger partial charge on any atom is -0.404 e. The highest BCUT2D eigenvalue weighted by Gasteiger charge is 2.32. The van der Waals surface area contributed by atoms with Crippen LogP contribution in [-0.4, -0.2) is 29.5 Å². The third kappa shape index (κ3) is 3.35. The first kappa shape index (κ1) is 17.8. The molecule has 0 unspecified atom stereocenters. The van der Waals surface area contributed by atoms with E-state index in [1.807, 2.05) is 0 Å². The monoisotopic (exact) mass is 388 g/mol. The number of alkyl halides is 3. The van der Waals surface area contributed by atoms with E-state index in [1.54, 1.807) is 0 Å². The molecule has 0 bridgehead atoms. The van der Waals surface area contributed by atoms with Crippen LogP contribution in [0.3, 0.4) is 0 Å². The van der Waals surface area contributed by atoms with Gasteiger partial charge in [0.25, 0.3) is 10.0 Å². The predicted molar refractivity (Wildman–Crippen MR) is 85.3 cm³/mol. The average molecular weight is 388 g/mol. The first-order chi connectivity index (χ1) is 12.1. The molecule has 138 valence electrons. The molecule has 0 radical (unpaired) electrons. The second kappa shape index (κ2) is 6.05. The van der Waals surface area contributed by atoms with Crippen molar-refractivity contribution < 1.29 is 26.3 Å². The maximum Gasteiger partial charge on any atom is 0.573 e. The highest BCUT2D eigenvalue weighted by Crippen LogP contribution is 2.28. The number of fused-ring (bicyclic) bond motifs is 1. The number of aromatic nitrogens is 3. The van der Waals surface area contributed by atoms with E-state index in [2.05, 4.69) is 19.5 Å². The summed E-state index contributed by atoms with van der Waals surface area (Å²) in [5, 5.41) is 3.37. The molecule has 3 rings (SSSR count). The summed E-state index contributed by atoms with van der Waals surface area (Å²) in [5.41, 5.74) is -1.38. The highest BCUT2D eigenvalue weighted by atomic mass is 32.2. The lowest BCUT2D eigenvalue weighted by molar-refractivity contribution is -0.274. The first-order valence-electron chi connectivity index (χ1n) is 6.99. The standard InChI is InChI=1S/C14H11F3N4O4S/c1-21-11(5-6-19-21)26(23,24)20-9-7-18-12-8(13(9)22)3-2-4-10(12)25-14(15,16)17/h2-7,20H,1H3,(H,18,22). The van der Waals surface area contributed by atoms with E-state index in [1.165, 1.54) is 31.4 Å². The summed E-state index contributed by atoms with van der Waals surface area (Å²) in [6.07, 6.45) is -2.72. The van der Waals surface area contributed by atoms with Crippen molar-refractivity contribution in [2.75, 3.05) is 4.72 Å². The van der Waals surface area contributed by atoms with Gasteiger partial charge in [0.2, 0.25) is 5.43 Å². The van der Waals surface area contributed by atoms with Crippen LogP contribution in [0.1, 0.15) is 0 Å². The van der Waals surface area contributed by atoms with Gasteiger partial charge in [0.15, 0.2) is 10.8 Å². The van der Waals surface area contributed by atoms with Crippen molar-refractivity contribution in [3.63, 3.8) is 0 Å². The summed E-state index contributed by atoms with van der Waals surface area (Å²) >= 11 is 0. The number of pyridine rings is 1. The molecule has 0 aliphatic rings. The van der Waals surface area contributed by atoms with Gasteiger partial charge in [0.1, 0.15) is 5.69 Å². The Morgan fingerprint density at radius 2 is 2.00 bits per heavy atom. The normalized spacial score (nSPS) is 12.3. The first-order valence-corrected chi connectivity index (χ1v) is 8.48. The summed E-state index contributed by atoms with van der Waals surface area (Å²) in [4.78, 5) is 14.9. The van der Waals surface area contributed by atoms with Crippen molar-refractivity contribution in [1.29, 1.82) is 0 Å². The molecule has 0 aliphatic carbocycles. The van der Waals surface area contributed by atoms with E-state index in [-0.39, 0.29) is 21.6 Å². The molecular formula is C14H11F3N4O4S. The molecule has 1 aromatic carbocycles. The number of H-pyrrole nitrogens is 1. The Bertz CT molecular complexity index is 1140. The van der Waals surface area contributed by atoms with Crippen molar-refractivity contribution in [1.82, 2.24) is 14.8 Å². The van der Waals surface area contributed by atoms with E-state index >= 15 is 0 Å². The molecule has 2 aromatic heterocycles. The number of aryl methyl sites for hydroxylation is 1. The number of hydrogen-bond donors (Lipinski definition) is 2. The fraction of sp³-hybridized carbons (Fsp3) is 0.143. The summed E-state index contributed by atoms with van der Waals surface area (Å²) in [6, 6.07) is 4.70. The van der Waals surface area contributed by atoms with Gasteiger partial charge < -0.3 is 9.72 Å². The number of halogens is 3. The SMILES string of the molecule is Cn1nccc1S(=O)(=O)Nc1c[nH]c2c(OC(F)(F)F)cccc2c1=O. The Hall–Kier alpha value is -3.02. The number of rotatable bonds is 4. The number of nitrogens with zero attached hydrogens (tertiary/aromatic N) is 2. The minimum atomic E-state index is -4.94. The lowest BCUT2D eigenvalue weighted by Crippen LogP contribution is -2.22. The lowest BCUT2D eigenvalue weighted by atomic mass is 10.2. The molecular weight excluding hydrogens is 377 g/mol. The zero-order chi connectivity index (χ0) is 19.1. The topological polar surface area (TPSA) is 106 Å². The maximum atomic E-state index is 12.5. The van der Waals surface area contributed by atoms with E-state index in [4.69, 9.17) is 0 Å².